The molecule has 1 heterocycles. The highest BCUT2D eigenvalue weighted by molar-refractivity contribution is 4.68. The summed E-state index contributed by atoms with van der Waals surface area (Å²) in [7, 11) is 0. The van der Waals surface area contributed by atoms with Gasteiger partial charge in [-0.1, -0.05) is 6.08 Å². The molecule has 1 aliphatic rings. The average Bonchev–Trinajstić information content (AvgIpc) is 2.29. The van der Waals surface area contributed by atoms with Crippen molar-refractivity contribution in [3.05, 3.63) is 12.7 Å². The molecule has 0 aliphatic carbocycles. The molecule has 1 aliphatic heterocycles. The molecule has 1 atom stereocenters. The first-order valence-electron chi connectivity index (χ1n) is 5.90. The van der Waals surface area contributed by atoms with E-state index in [0.29, 0.717) is 19.8 Å². The van der Waals surface area contributed by atoms with Crippen molar-refractivity contribution in [3.8, 4) is 0 Å². The minimum absolute atomic E-state index is 0.621. The highest BCUT2D eigenvalue weighted by Gasteiger charge is 2.11. The Morgan fingerprint density at radius 1 is 1.27 bits per heavy atom. The largest absolute Gasteiger partial charge is 0.379 e. The zero-order valence-electron chi connectivity index (χ0n) is 9.54. The monoisotopic (exact) mass is 213 g/mol. The van der Waals surface area contributed by atoms with E-state index >= 15 is 0 Å². The fourth-order valence-corrected chi connectivity index (χ4v) is 1.81. The predicted octanol–water partition coefficient (Wildman–Crippen LogP) is 1.60. The summed E-state index contributed by atoms with van der Waals surface area (Å²) in [6, 6.07) is 0. The molecule has 0 aromatic heterocycles. The molecule has 1 saturated heterocycles. The lowest BCUT2D eigenvalue weighted by atomic mass is 9.97. The quantitative estimate of drug-likeness (QED) is 0.490. The molecule has 0 spiro atoms. The van der Waals surface area contributed by atoms with Crippen LogP contribution < -0.4 is 5.32 Å². The Kier molecular flexibility index (Phi) is 7.52. The number of rotatable bonds is 8. The molecule has 3 nitrogen and oxygen atoms in total. The van der Waals surface area contributed by atoms with Crippen LogP contribution in [0.2, 0.25) is 0 Å². The molecular formula is C12H23NO2. The molecule has 0 radical (unpaired) electrons. The number of hydrogen-bond donors (Lipinski definition) is 1. The van der Waals surface area contributed by atoms with Crippen LogP contribution in [0.3, 0.4) is 0 Å². The van der Waals surface area contributed by atoms with Gasteiger partial charge < -0.3 is 14.8 Å². The van der Waals surface area contributed by atoms with E-state index in [0.717, 1.165) is 19.1 Å². The van der Waals surface area contributed by atoms with E-state index in [2.05, 4.69) is 11.9 Å². The SMILES string of the molecule is C=CCOCCOCC[C@H]1CCCNC1. The summed E-state index contributed by atoms with van der Waals surface area (Å²) in [5.41, 5.74) is 0. The van der Waals surface area contributed by atoms with Crippen molar-refractivity contribution in [2.75, 3.05) is 39.5 Å². The van der Waals surface area contributed by atoms with E-state index in [1.165, 1.54) is 25.8 Å². The van der Waals surface area contributed by atoms with Crippen LogP contribution in [-0.2, 0) is 9.47 Å². The molecular weight excluding hydrogens is 190 g/mol. The van der Waals surface area contributed by atoms with Crippen molar-refractivity contribution < 1.29 is 9.47 Å². The molecule has 0 aromatic carbocycles. The van der Waals surface area contributed by atoms with Crippen molar-refractivity contribution in [3.63, 3.8) is 0 Å². The molecule has 0 aromatic rings. The first-order chi connectivity index (χ1) is 7.43. The summed E-state index contributed by atoms with van der Waals surface area (Å²) in [6.45, 7) is 8.80. The number of ether oxygens (including phenoxy) is 2. The zero-order chi connectivity index (χ0) is 10.8. The van der Waals surface area contributed by atoms with Gasteiger partial charge in [0.25, 0.3) is 0 Å². The van der Waals surface area contributed by atoms with Crippen LogP contribution >= 0.6 is 0 Å². The second-order valence-corrected chi connectivity index (χ2v) is 3.98. The normalized spacial score (nSPS) is 21.5. The van der Waals surface area contributed by atoms with Gasteiger partial charge in [0, 0.05) is 6.61 Å². The minimum atomic E-state index is 0.621. The van der Waals surface area contributed by atoms with E-state index in [9.17, 15) is 0 Å². The maximum atomic E-state index is 5.50. The van der Waals surface area contributed by atoms with Gasteiger partial charge in [0.05, 0.1) is 19.8 Å². The minimum Gasteiger partial charge on any atom is -0.379 e. The summed E-state index contributed by atoms with van der Waals surface area (Å²) < 4.78 is 10.7. The lowest BCUT2D eigenvalue weighted by molar-refractivity contribution is 0.0513. The predicted molar refractivity (Wildman–Crippen MR) is 62.0 cm³/mol. The van der Waals surface area contributed by atoms with Crippen molar-refractivity contribution in [1.82, 2.24) is 5.32 Å². The summed E-state index contributed by atoms with van der Waals surface area (Å²) in [4.78, 5) is 0. The Hall–Kier alpha value is -0.380. The summed E-state index contributed by atoms with van der Waals surface area (Å²) in [6.07, 6.45) is 5.60. The number of piperidine rings is 1. The van der Waals surface area contributed by atoms with Gasteiger partial charge in [-0.3, -0.25) is 0 Å². The van der Waals surface area contributed by atoms with Crippen LogP contribution in [0.25, 0.3) is 0 Å². The smallest absolute Gasteiger partial charge is 0.0704 e. The maximum Gasteiger partial charge on any atom is 0.0704 e. The van der Waals surface area contributed by atoms with E-state index < -0.39 is 0 Å². The number of hydrogen-bond acceptors (Lipinski definition) is 3. The summed E-state index contributed by atoms with van der Waals surface area (Å²) in [5.74, 6) is 0.813. The van der Waals surface area contributed by atoms with Gasteiger partial charge in [0.2, 0.25) is 0 Å². The summed E-state index contributed by atoms with van der Waals surface area (Å²) >= 11 is 0. The molecule has 1 rings (SSSR count). The lowest BCUT2D eigenvalue weighted by Gasteiger charge is -2.22. The van der Waals surface area contributed by atoms with Crippen LogP contribution in [0.4, 0.5) is 0 Å². The summed E-state index contributed by atoms with van der Waals surface area (Å²) in [5, 5.41) is 3.41. The molecule has 0 amide bonds. The second-order valence-electron chi connectivity index (χ2n) is 3.98. The van der Waals surface area contributed by atoms with Crippen LogP contribution in [0.15, 0.2) is 12.7 Å². The molecule has 0 saturated carbocycles. The lowest BCUT2D eigenvalue weighted by Crippen LogP contribution is -2.30. The third-order valence-corrected chi connectivity index (χ3v) is 2.68. The van der Waals surface area contributed by atoms with Crippen molar-refractivity contribution in [2.45, 2.75) is 19.3 Å². The van der Waals surface area contributed by atoms with Crippen LogP contribution in [0.5, 0.6) is 0 Å². The van der Waals surface area contributed by atoms with Crippen molar-refractivity contribution in [2.24, 2.45) is 5.92 Å². The standard InChI is InChI=1S/C12H23NO2/c1-2-7-14-9-10-15-8-5-12-4-3-6-13-11-12/h2,12-13H,1,3-11H2/t12-/m1/s1. The molecule has 3 heteroatoms. The third-order valence-electron chi connectivity index (χ3n) is 2.68. The molecule has 1 N–H and O–H groups in total. The van der Waals surface area contributed by atoms with Gasteiger partial charge in [0.1, 0.15) is 0 Å². The van der Waals surface area contributed by atoms with Gasteiger partial charge in [-0.2, -0.15) is 0 Å². The zero-order valence-corrected chi connectivity index (χ0v) is 9.54. The molecule has 0 unspecified atom stereocenters. The molecule has 0 bridgehead atoms. The average molecular weight is 213 g/mol. The van der Waals surface area contributed by atoms with Crippen molar-refractivity contribution in [1.29, 1.82) is 0 Å². The highest BCUT2D eigenvalue weighted by atomic mass is 16.5. The van der Waals surface area contributed by atoms with E-state index in [1.54, 1.807) is 6.08 Å². The topological polar surface area (TPSA) is 30.5 Å². The van der Waals surface area contributed by atoms with Gasteiger partial charge >= 0.3 is 0 Å². The van der Waals surface area contributed by atoms with Crippen molar-refractivity contribution >= 4 is 0 Å². The fraction of sp³-hybridized carbons (Fsp3) is 0.833. The first-order valence-corrected chi connectivity index (χ1v) is 5.90. The van der Waals surface area contributed by atoms with E-state index in [1.807, 2.05) is 0 Å². The maximum absolute atomic E-state index is 5.50. The first kappa shape index (κ1) is 12.7. The molecule has 15 heavy (non-hydrogen) atoms. The Bertz CT molecular complexity index is 156. The van der Waals surface area contributed by atoms with E-state index in [-0.39, 0.29) is 0 Å². The van der Waals surface area contributed by atoms with Gasteiger partial charge in [-0.05, 0) is 38.3 Å². The third kappa shape index (κ3) is 6.66. The fourth-order valence-electron chi connectivity index (χ4n) is 1.81. The van der Waals surface area contributed by atoms with Gasteiger partial charge in [-0.25, -0.2) is 0 Å². The van der Waals surface area contributed by atoms with E-state index in [4.69, 9.17) is 9.47 Å². The highest BCUT2D eigenvalue weighted by Crippen LogP contribution is 2.13. The van der Waals surface area contributed by atoms with Crippen LogP contribution in [-0.4, -0.2) is 39.5 Å². The number of nitrogens with one attached hydrogen (secondary N) is 1. The Morgan fingerprint density at radius 3 is 2.87 bits per heavy atom. The van der Waals surface area contributed by atoms with Crippen LogP contribution in [0, 0.1) is 5.92 Å². The Balaban J connectivity index is 1.81. The van der Waals surface area contributed by atoms with Gasteiger partial charge in [0.15, 0.2) is 0 Å². The second kappa shape index (κ2) is 8.89. The van der Waals surface area contributed by atoms with Gasteiger partial charge in [-0.15, -0.1) is 6.58 Å². The van der Waals surface area contributed by atoms with Crippen LogP contribution in [0.1, 0.15) is 19.3 Å². The molecule has 1 fully saturated rings. The Labute approximate surface area is 92.8 Å². The Morgan fingerprint density at radius 2 is 2.13 bits per heavy atom. The molecule has 88 valence electrons.